The van der Waals surface area contributed by atoms with E-state index in [9.17, 15) is 9.60 Å². The summed E-state index contributed by atoms with van der Waals surface area (Å²) in [4.78, 5) is 6.56. The maximum Gasteiger partial charge on any atom is 0.175 e. The van der Waals surface area contributed by atoms with Gasteiger partial charge in [0, 0.05) is 40.1 Å². The number of hydrogen-bond acceptors (Lipinski definition) is 3. The van der Waals surface area contributed by atoms with Crippen molar-refractivity contribution in [1.29, 1.82) is 0 Å². The molecule has 2 aromatic carbocycles. The number of aromatic nitrogens is 1. The lowest BCUT2D eigenvalue weighted by molar-refractivity contribution is 0.0141. The van der Waals surface area contributed by atoms with Crippen LogP contribution in [0.15, 0.2) is 64.4 Å². The Morgan fingerprint density at radius 3 is 2.53 bits per heavy atom. The van der Waals surface area contributed by atoms with Crippen molar-refractivity contribution in [2.24, 2.45) is 10.6 Å². The van der Waals surface area contributed by atoms with Crippen molar-refractivity contribution in [2.45, 2.75) is 31.6 Å². The lowest BCUT2D eigenvalue weighted by atomic mass is 9.64. The first-order valence-corrected chi connectivity index (χ1v) is 11.1. The van der Waals surface area contributed by atoms with Gasteiger partial charge in [-0.3, -0.25) is 4.98 Å². The first kappa shape index (κ1) is 19.5. The van der Waals surface area contributed by atoms with E-state index in [1.165, 1.54) is 11.6 Å². The number of hydrogen-bond donors (Lipinski definition) is 1. The van der Waals surface area contributed by atoms with Gasteiger partial charge in [-0.2, -0.15) is 0 Å². The van der Waals surface area contributed by atoms with E-state index in [1.54, 1.807) is 12.1 Å². The minimum absolute atomic E-state index is 0.206. The first-order valence-electron chi connectivity index (χ1n) is 10.3. The zero-order valence-corrected chi connectivity index (χ0v) is 18.1. The molecule has 1 aliphatic carbocycles. The fraction of sp³-hybridized carbons (Fsp3) is 0.333. The molecule has 0 atom stereocenters. The van der Waals surface area contributed by atoms with Gasteiger partial charge in [0.25, 0.3) is 0 Å². The third-order valence-corrected chi connectivity index (χ3v) is 7.30. The van der Waals surface area contributed by atoms with Gasteiger partial charge in [-0.1, -0.05) is 33.2 Å². The molecule has 1 spiro atoms. The maximum absolute atomic E-state index is 13.8. The van der Waals surface area contributed by atoms with E-state index in [1.807, 2.05) is 30.5 Å². The van der Waals surface area contributed by atoms with Crippen molar-refractivity contribution in [3.63, 3.8) is 0 Å². The predicted molar refractivity (Wildman–Crippen MR) is 119 cm³/mol. The number of nitrogens with zero attached hydrogens (tertiary/aromatic N) is 3. The molecular formula is C24H23BrFN3O. The largest absolute Gasteiger partial charge is 0.409 e. The van der Waals surface area contributed by atoms with Crippen LogP contribution in [0, 0.1) is 11.2 Å². The summed E-state index contributed by atoms with van der Waals surface area (Å²) >= 11 is 3.45. The smallest absolute Gasteiger partial charge is 0.175 e. The highest BCUT2D eigenvalue weighted by Crippen LogP contribution is 2.49. The first-order chi connectivity index (χ1) is 14.6. The van der Waals surface area contributed by atoms with Gasteiger partial charge in [0.05, 0.1) is 5.52 Å². The van der Waals surface area contributed by atoms with Crippen molar-refractivity contribution in [3.8, 4) is 0 Å². The summed E-state index contributed by atoms with van der Waals surface area (Å²) in [6.07, 6.45) is 6.28. The van der Waals surface area contributed by atoms with Crippen molar-refractivity contribution in [2.75, 3.05) is 13.1 Å². The van der Waals surface area contributed by atoms with Crippen LogP contribution in [0.5, 0.6) is 0 Å². The summed E-state index contributed by atoms with van der Waals surface area (Å²) in [6.45, 7) is 1.84. The molecular weight excluding hydrogens is 445 g/mol. The Morgan fingerprint density at radius 1 is 1.10 bits per heavy atom. The molecule has 1 aliphatic heterocycles. The Morgan fingerprint density at radius 2 is 1.83 bits per heavy atom. The van der Waals surface area contributed by atoms with Crippen LogP contribution in [0.4, 0.5) is 4.39 Å². The normalized spacial score (nSPS) is 19.3. The molecule has 2 aliphatic rings. The summed E-state index contributed by atoms with van der Waals surface area (Å²) < 4.78 is 14.8. The highest BCUT2D eigenvalue weighted by Gasteiger charge is 2.46. The molecule has 6 heteroatoms. The number of fused-ring (bicyclic) bond motifs is 1. The second kappa shape index (κ2) is 7.65. The van der Waals surface area contributed by atoms with Gasteiger partial charge in [-0.25, -0.2) is 4.39 Å². The van der Waals surface area contributed by atoms with Gasteiger partial charge in [-0.15, -0.1) is 0 Å². The van der Waals surface area contributed by atoms with Crippen LogP contribution in [0.2, 0.25) is 0 Å². The molecule has 2 fully saturated rings. The minimum Gasteiger partial charge on any atom is -0.409 e. The second-order valence-corrected chi connectivity index (χ2v) is 9.54. The molecule has 0 amide bonds. The zero-order chi connectivity index (χ0) is 20.7. The molecule has 0 radical (unpaired) electrons. The lowest BCUT2D eigenvalue weighted by Crippen LogP contribution is -2.59. The van der Waals surface area contributed by atoms with Crippen LogP contribution < -0.4 is 0 Å². The Bertz CT molecular complexity index is 1100. The minimum atomic E-state index is -0.206. The molecule has 154 valence electrons. The van der Waals surface area contributed by atoms with E-state index in [-0.39, 0.29) is 11.2 Å². The summed E-state index contributed by atoms with van der Waals surface area (Å²) in [6, 6.07) is 14.8. The highest BCUT2D eigenvalue weighted by atomic mass is 79.9. The molecule has 0 unspecified atom stereocenters. The third kappa shape index (κ3) is 3.47. The number of pyridine rings is 1. The van der Waals surface area contributed by atoms with Crippen LogP contribution in [-0.2, 0) is 0 Å². The number of oxime groups is 1. The Balaban J connectivity index is 1.27. The molecule has 2 heterocycles. The van der Waals surface area contributed by atoms with Crippen LogP contribution in [-0.4, -0.2) is 34.0 Å². The summed E-state index contributed by atoms with van der Waals surface area (Å²) in [5.41, 5.74) is 3.30. The van der Waals surface area contributed by atoms with Crippen LogP contribution in [0.25, 0.3) is 10.9 Å². The molecule has 30 heavy (non-hydrogen) atoms. The van der Waals surface area contributed by atoms with Crippen molar-refractivity contribution < 1.29 is 9.60 Å². The topological polar surface area (TPSA) is 48.7 Å². The third-order valence-electron chi connectivity index (χ3n) is 6.77. The van der Waals surface area contributed by atoms with Crippen LogP contribution in [0.3, 0.4) is 0 Å². The molecule has 1 saturated carbocycles. The SMILES string of the molecule is O/N=C(\c1ccc(Br)cc1)N1CC2(CCC(c3ccnc4ccc(F)cc34)CC2)C1. The molecule has 1 N–H and O–H groups in total. The Kier molecular flexibility index (Phi) is 4.97. The van der Waals surface area contributed by atoms with E-state index in [0.717, 1.165) is 59.7 Å². The molecule has 5 rings (SSSR count). The van der Waals surface area contributed by atoms with Crippen molar-refractivity contribution in [1.82, 2.24) is 9.88 Å². The highest BCUT2D eigenvalue weighted by molar-refractivity contribution is 9.10. The molecule has 1 aromatic heterocycles. The summed E-state index contributed by atoms with van der Waals surface area (Å²) in [7, 11) is 0. The van der Waals surface area contributed by atoms with Gasteiger partial charge in [0.15, 0.2) is 5.84 Å². The predicted octanol–water partition coefficient (Wildman–Crippen LogP) is 5.93. The van der Waals surface area contributed by atoms with E-state index in [0.29, 0.717) is 11.8 Å². The second-order valence-electron chi connectivity index (χ2n) is 8.62. The fourth-order valence-corrected chi connectivity index (χ4v) is 5.43. The number of likely N-dealkylation sites (tertiary alicyclic amines) is 1. The molecule has 4 nitrogen and oxygen atoms in total. The molecule has 0 bridgehead atoms. The van der Waals surface area contributed by atoms with E-state index in [4.69, 9.17) is 0 Å². The quantitative estimate of drug-likeness (QED) is 0.220. The average Bonchev–Trinajstić information content (AvgIpc) is 2.74. The molecule has 1 saturated heterocycles. The summed E-state index contributed by atoms with van der Waals surface area (Å²) in [5, 5.41) is 14.1. The summed E-state index contributed by atoms with van der Waals surface area (Å²) in [5.74, 6) is 0.878. The monoisotopic (exact) mass is 467 g/mol. The standard InChI is InChI=1S/C24H23BrFN3O/c25-18-3-1-17(2-4-18)23(28-30)29-14-24(15-29)10-7-16(8-11-24)20-9-12-27-22-6-5-19(26)13-21(20)22/h1-6,9,12-13,16,30H,7-8,10-11,14-15H2/b28-23+. The van der Waals surface area contributed by atoms with Crippen molar-refractivity contribution in [3.05, 3.63) is 76.1 Å². The van der Waals surface area contributed by atoms with Gasteiger partial charge in [0.1, 0.15) is 5.82 Å². The number of halogens is 2. The maximum atomic E-state index is 13.8. The number of benzene rings is 2. The number of rotatable bonds is 2. The van der Waals surface area contributed by atoms with Crippen LogP contribution in [0.1, 0.15) is 42.7 Å². The Hall–Kier alpha value is -2.47. The van der Waals surface area contributed by atoms with E-state index >= 15 is 0 Å². The van der Waals surface area contributed by atoms with E-state index < -0.39 is 0 Å². The lowest BCUT2D eigenvalue weighted by Gasteiger charge is -2.54. The zero-order valence-electron chi connectivity index (χ0n) is 16.6. The Labute approximate surface area is 183 Å². The van der Waals surface area contributed by atoms with Crippen LogP contribution >= 0.6 is 15.9 Å². The average molecular weight is 468 g/mol. The van der Waals surface area contributed by atoms with E-state index in [2.05, 4.69) is 37.0 Å². The fourth-order valence-electron chi connectivity index (χ4n) is 5.17. The van der Waals surface area contributed by atoms with Gasteiger partial charge >= 0.3 is 0 Å². The number of amidine groups is 1. The van der Waals surface area contributed by atoms with Gasteiger partial charge in [0.2, 0.25) is 0 Å². The van der Waals surface area contributed by atoms with Gasteiger partial charge < -0.3 is 10.1 Å². The van der Waals surface area contributed by atoms with Crippen molar-refractivity contribution >= 4 is 32.7 Å². The van der Waals surface area contributed by atoms with Gasteiger partial charge in [-0.05, 0) is 73.6 Å². The molecule has 3 aromatic rings.